The molecule has 7 heteroatoms. The largest absolute Gasteiger partial charge is 0.497 e. The Morgan fingerprint density at radius 3 is 2.44 bits per heavy atom. The highest BCUT2D eigenvalue weighted by molar-refractivity contribution is 5.99. The van der Waals surface area contributed by atoms with Gasteiger partial charge in [0.05, 0.1) is 25.4 Å². The SMILES string of the molecule is COc1ccc(OC)c(NC(=O)C2(C)CCN2Cc2c(F)cccc2F)c1. The van der Waals surface area contributed by atoms with Gasteiger partial charge in [-0.1, -0.05) is 6.07 Å². The fraction of sp³-hybridized carbons (Fsp3) is 0.350. The molecule has 1 saturated heterocycles. The number of carbonyl (C=O) groups is 1. The second kappa shape index (κ2) is 7.52. The predicted octanol–water partition coefficient (Wildman–Crippen LogP) is 3.59. The molecule has 1 fully saturated rings. The normalized spacial score (nSPS) is 19.3. The van der Waals surface area contributed by atoms with Crippen molar-refractivity contribution in [2.24, 2.45) is 0 Å². The van der Waals surface area contributed by atoms with E-state index in [0.29, 0.717) is 30.2 Å². The van der Waals surface area contributed by atoms with Crippen molar-refractivity contribution in [3.05, 3.63) is 53.6 Å². The van der Waals surface area contributed by atoms with Gasteiger partial charge in [0, 0.05) is 24.7 Å². The van der Waals surface area contributed by atoms with Crippen LogP contribution in [0.3, 0.4) is 0 Å². The highest BCUT2D eigenvalue weighted by Gasteiger charge is 2.47. The van der Waals surface area contributed by atoms with E-state index >= 15 is 0 Å². The minimum atomic E-state index is -0.872. The number of methoxy groups -OCH3 is 2. The van der Waals surface area contributed by atoms with Crippen molar-refractivity contribution in [3.63, 3.8) is 0 Å². The number of halogens is 2. The Morgan fingerprint density at radius 2 is 1.89 bits per heavy atom. The van der Waals surface area contributed by atoms with Gasteiger partial charge in [0.25, 0.3) is 0 Å². The number of hydrogen-bond donors (Lipinski definition) is 1. The van der Waals surface area contributed by atoms with Crippen LogP contribution in [0.25, 0.3) is 0 Å². The lowest BCUT2D eigenvalue weighted by molar-refractivity contribution is -0.136. The Hall–Kier alpha value is -2.67. The van der Waals surface area contributed by atoms with Crippen molar-refractivity contribution in [1.29, 1.82) is 0 Å². The molecule has 27 heavy (non-hydrogen) atoms. The van der Waals surface area contributed by atoms with Crippen LogP contribution in [-0.2, 0) is 11.3 Å². The summed E-state index contributed by atoms with van der Waals surface area (Å²) in [6.07, 6.45) is 0.585. The van der Waals surface area contributed by atoms with E-state index in [4.69, 9.17) is 9.47 Å². The maximum Gasteiger partial charge on any atom is 0.244 e. The summed E-state index contributed by atoms with van der Waals surface area (Å²) in [6, 6.07) is 8.86. The summed E-state index contributed by atoms with van der Waals surface area (Å²) in [5.74, 6) is -0.413. The van der Waals surface area contributed by atoms with Gasteiger partial charge in [0.15, 0.2) is 0 Å². The van der Waals surface area contributed by atoms with Crippen LogP contribution in [0.5, 0.6) is 11.5 Å². The van der Waals surface area contributed by atoms with Crippen molar-refractivity contribution >= 4 is 11.6 Å². The van der Waals surface area contributed by atoms with Crippen LogP contribution in [0.1, 0.15) is 18.9 Å². The quantitative estimate of drug-likeness (QED) is 0.837. The highest BCUT2D eigenvalue weighted by atomic mass is 19.1. The Bertz CT molecular complexity index is 839. The van der Waals surface area contributed by atoms with E-state index in [1.807, 2.05) is 0 Å². The van der Waals surface area contributed by atoms with Gasteiger partial charge in [-0.15, -0.1) is 0 Å². The Morgan fingerprint density at radius 1 is 1.19 bits per heavy atom. The number of amides is 1. The van der Waals surface area contributed by atoms with Crippen molar-refractivity contribution in [1.82, 2.24) is 4.90 Å². The van der Waals surface area contributed by atoms with Crippen LogP contribution in [0.2, 0.25) is 0 Å². The molecular weight excluding hydrogens is 354 g/mol. The summed E-state index contributed by atoms with van der Waals surface area (Å²) in [6.45, 7) is 2.36. The molecule has 1 atom stereocenters. The number of hydrogen-bond acceptors (Lipinski definition) is 4. The first-order chi connectivity index (χ1) is 12.9. The molecule has 0 aromatic heterocycles. The van der Waals surface area contributed by atoms with Gasteiger partial charge >= 0.3 is 0 Å². The van der Waals surface area contributed by atoms with Gasteiger partial charge in [0.2, 0.25) is 5.91 Å². The average molecular weight is 376 g/mol. The molecule has 1 amide bonds. The number of rotatable bonds is 6. The topological polar surface area (TPSA) is 50.8 Å². The molecule has 1 aliphatic rings. The van der Waals surface area contributed by atoms with E-state index in [-0.39, 0.29) is 18.0 Å². The number of nitrogens with one attached hydrogen (secondary N) is 1. The number of benzene rings is 2. The number of likely N-dealkylation sites (tertiary alicyclic amines) is 1. The minimum absolute atomic E-state index is 0.0255. The molecule has 0 radical (unpaired) electrons. The molecular formula is C20H22F2N2O3. The third kappa shape index (κ3) is 3.60. The van der Waals surface area contributed by atoms with Crippen LogP contribution >= 0.6 is 0 Å². The predicted molar refractivity (Wildman–Crippen MR) is 98.0 cm³/mol. The van der Waals surface area contributed by atoms with Gasteiger partial charge < -0.3 is 14.8 Å². The average Bonchev–Trinajstić information content (AvgIpc) is 2.65. The van der Waals surface area contributed by atoms with Gasteiger partial charge in [-0.3, -0.25) is 9.69 Å². The van der Waals surface area contributed by atoms with E-state index in [9.17, 15) is 13.6 Å². The molecule has 1 unspecified atom stereocenters. The third-order valence-electron chi connectivity index (χ3n) is 5.12. The number of nitrogens with zero attached hydrogens (tertiary/aromatic N) is 1. The molecule has 2 aromatic rings. The lowest BCUT2D eigenvalue weighted by Crippen LogP contribution is -2.63. The first-order valence-corrected chi connectivity index (χ1v) is 8.60. The van der Waals surface area contributed by atoms with Gasteiger partial charge in [-0.2, -0.15) is 0 Å². The van der Waals surface area contributed by atoms with E-state index in [1.165, 1.54) is 32.4 Å². The fourth-order valence-corrected chi connectivity index (χ4v) is 3.16. The van der Waals surface area contributed by atoms with Gasteiger partial charge in [-0.25, -0.2) is 8.78 Å². The molecule has 0 aliphatic carbocycles. The van der Waals surface area contributed by atoms with Crippen LogP contribution in [-0.4, -0.2) is 37.1 Å². The number of ether oxygens (including phenoxy) is 2. The second-order valence-corrected chi connectivity index (χ2v) is 6.67. The summed E-state index contributed by atoms with van der Waals surface area (Å²) in [5.41, 5.74) is -0.426. The molecule has 0 saturated carbocycles. The summed E-state index contributed by atoms with van der Waals surface area (Å²) in [5, 5.41) is 2.85. The maximum absolute atomic E-state index is 14.0. The summed E-state index contributed by atoms with van der Waals surface area (Å²) in [7, 11) is 3.04. The first-order valence-electron chi connectivity index (χ1n) is 8.60. The molecule has 5 nitrogen and oxygen atoms in total. The lowest BCUT2D eigenvalue weighted by atomic mass is 9.85. The molecule has 1 heterocycles. The fourth-order valence-electron chi connectivity index (χ4n) is 3.16. The minimum Gasteiger partial charge on any atom is -0.497 e. The molecule has 2 aromatic carbocycles. The van der Waals surface area contributed by atoms with Crippen LogP contribution in [0.15, 0.2) is 36.4 Å². The Labute approximate surface area is 156 Å². The molecule has 3 rings (SSSR count). The Balaban J connectivity index is 1.78. The molecule has 0 spiro atoms. The van der Waals surface area contributed by atoms with Crippen LogP contribution in [0.4, 0.5) is 14.5 Å². The third-order valence-corrected chi connectivity index (χ3v) is 5.12. The summed E-state index contributed by atoms with van der Waals surface area (Å²) in [4.78, 5) is 14.7. The van der Waals surface area contributed by atoms with Gasteiger partial charge in [0.1, 0.15) is 23.1 Å². The zero-order valence-electron chi connectivity index (χ0n) is 15.5. The summed E-state index contributed by atoms with van der Waals surface area (Å²) < 4.78 is 38.4. The monoisotopic (exact) mass is 376 g/mol. The van der Waals surface area contributed by atoms with Crippen LogP contribution < -0.4 is 14.8 Å². The molecule has 1 N–H and O–H groups in total. The van der Waals surface area contributed by atoms with E-state index in [2.05, 4.69) is 5.32 Å². The van der Waals surface area contributed by atoms with E-state index in [1.54, 1.807) is 30.0 Å². The summed E-state index contributed by atoms with van der Waals surface area (Å²) >= 11 is 0. The maximum atomic E-state index is 14.0. The van der Waals surface area contributed by atoms with Crippen molar-refractivity contribution in [3.8, 4) is 11.5 Å². The smallest absolute Gasteiger partial charge is 0.244 e. The van der Waals surface area contributed by atoms with Gasteiger partial charge in [-0.05, 0) is 37.6 Å². The highest BCUT2D eigenvalue weighted by Crippen LogP contribution is 2.36. The van der Waals surface area contributed by atoms with Crippen molar-refractivity contribution < 1.29 is 23.0 Å². The zero-order chi connectivity index (χ0) is 19.6. The van der Waals surface area contributed by atoms with E-state index in [0.717, 1.165) is 0 Å². The standard InChI is InChI=1S/C20H22F2N2O3/c1-20(9-10-24(20)12-14-15(21)5-4-6-16(14)22)19(25)23-17-11-13(26-2)7-8-18(17)27-3/h4-8,11H,9-10,12H2,1-3H3,(H,23,25). The van der Waals surface area contributed by atoms with E-state index < -0.39 is 17.2 Å². The molecule has 1 aliphatic heterocycles. The number of anilines is 1. The number of carbonyl (C=O) groups excluding carboxylic acids is 1. The van der Waals surface area contributed by atoms with Crippen LogP contribution in [0, 0.1) is 11.6 Å². The molecule has 144 valence electrons. The zero-order valence-corrected chi connectivity index (χ0v) is 15.5. The molecule has 0 bridgehead atoms. The van der Waals surface area contributed by atoms with Crippen molar-refractivity contribution in [2.45, 2.75) is 25.4 Å². The van der Waals surface area contributed by atoms with Crippen molar-refractivity contribution in [2.75, 3.05) is 26.1 Å². The lowest BCUT2D eigenvalue weighted by Gasteiger charge is -2.49. The Kier molecular flexibility index (Phi) is 5.32. The second-order valence-electron chi connectivity index (χ2n) is 6.67. The first kappa shape index (κ1) is 19.1.